The van der Waals surface area contributed by atoms with Crippen LogP contribution in [0.25, 0.3) is 10.2 Å². The van der Waals surface area contributed by atoms with Crippen molar-refractivity contribution in [3.05, 3.63) is 46.9 Å². The molecule has 0 radical (unpaired) electrons. The maximum Gasteiger partial charge on any atom is 0.271 e. The lowest BCUT2D eigenvalue weighted by molar-refractivity contribution is -0.134. The fraction of sp³-hybridized carbons (Fsp3) is 0.520. The summed E-state index contributed by atoms with van der Waals surface area (Å²) in [4.78, 5) is 30.5. The number of nitrogens with one attached hydrogen (secondary N) is 1. The Morgan fingerprint density at radius 1 is 1.25 bits per heavy atom. The van der Waals surface area contributed by atoms with Crippen molar-refractivity contribution in [1.82, 2.24) is 14.8 Å². The Morgan fingerprint density at radius 2 is 2.03 bits per heavy atom. The Morgan fingerprint density at radius 3 is 2.72 bits per heavy atom. The van der Waals surface area contributed by atoms with Gasteiger partial charge in [-0.3, -0.25) is 9.59 Å². The van der Waals surface area contributed by atoms with Crippen molar-refractivity contribution in [3.63, 3.8) is 0 Å². The molecule has 1 aliphatic carbocycles. The summed E-state index contributed by atoms with van der Waals surface area (Å²) in [6.45, 7) is 4.76. The van der Waals surface area contributed by atoms with E-state index in [0.29, 0.717) is 18.0 Å². The van der Waals surface area contributed by atoms with Gasteiger partial charge < -0.3 is 19.2 Å². The molecule has 2 aliphatic rings. The van der Waals surface area contributed by atoms with Gasteiger partial charge in [-0.1, -0.05) is 32.6 Å². The number of carbonyl (C=O) groups excluding carboxylic acids is 2. The minimum absolute atomic E-state index is 0.0669. The van der Waals surface area contributed by atoms with E-state index >= 15 is 0 Å². The number of rotatable bonds is 5. The van der Waals surface area contributed by atoms with Crippen LogP contribution in [0.3, 0.4) is 0 Å². The van der Waals surface area contributed by atoms with Crippen LogP contribution in [0, 0.1) is 0 Å². The maximum absolute atomic E-state index is 13.8. The van der Waals surface area contributed by atoms with Crippen LogP contribution >= 0.6 is 11.3 Å². The predicted octanol–water partition coefficient (Wildman–Crippen LogP) is 5.11. The number of amides is 2. The molecular formula is C25H31N3O3S. The molecule has 5 rings (SSSR count). The van der Waals surface area contributed by atoms with E-state index in [-0.39, 0.29) is 24.4 Å². The van der Waals surface area contributed by atoms with Crippen molar-refractivity contribution in [2.24, 2.45) is 0 Å². The molecule has 4 heterocycles. The van der Waals surface area contributed by atoms with Crippen LogP contribution in [-0.2, 0) is 24.3 Å². The number of hydrogen-bond donors (Lipinski definition) is 1. The minimum Gasteiger partial charge on any atom is -0.467 e. The normalized spacial score (nSPS) is 22.2. The van der Waals surface area contributed by atoms with Crippen LogP contribution < -0.4 is 5.32 Å². The largest absolute Gasteiger partial charge is 0.467 e. The van der Waals surface area contributed by atoms with Crippen molar-refractivity contribution >= 4 is 33.4 Å². The summed E-state index contributed by atoms with van der Waals surface area (Å²) in [6.07, 6.45) is 9.35. The first-order chi connectivity index (χ1) is 15.5. The maximum atomic E-state index is 13.8. The second kappa shape index (κ2) is 8.43. The van der Waals surface area contributed by atoms with Gasteiger partial charge in [0.15, 0.2) is 0 Å². The van der Waals surface area contributed by atoms with Gasteiger partial charge in [-0.25, -0.2) is 0 Å². The number of nitrogens with zero attached hydrogens (tertiary/aromatic N) is 2. The number of aryl methyl sites for hydroxylation is 1. The standard InChI is InChI=1S/C25H31N3O3S/c1-3-19-13-20-22(32-19)14-21-23(29)28(15-18-11-8-12-31-18)25(2,16-27(20)21)24(30)26-17-9-6-4-5-7-10-17/h8,11-14,17H,3-7,9-10,15-16H2,1-2H3,(H,26,30). The topological polar surface area (TPSA) is 67.5 Å². The Bertz CT molecular complexity index is 1120. The summed E-state index contributed by atoms with van der Waals surface area (Å²) in [5.41, 5.74) is 0.713. The van der Waals surface area contributed by atoms with Crippen molar-refractivity contribution < 1.29 is 14.0 Å². The Hall–Kier alpha value is -2.54. The minimum atomic E-state index is -0.997. The highest BCUT2D eigenvalue weighted by atomic mass is 32.1. The van der Waals surface area contributed by atoms with E-state index in [9.17, 15) is 9.59 Å². The molecule has 6 nitrogen and oxygen atoms in total. The zero-order chi connectivity index (χ0) is 22.3. The number of fused-ring (bicyclic) bond motifs is 3. The van der Waals surface area contributed by atoms with Crippen molar-refractivity contribution in [2.45, 2.75) is 83.5 Å². The third-order valence-electron chi connectivity index (χ3n) is 7.09. The first-order valence-corrected chi connectivity index (χ1v) is 12.6. The van der Waals surface area contributed by atoms with Gasteiger partial charge in [0.1, 0.15) is 17.0 Å². The molecule has 1 saturated carbocycles. The molecule has 2 amide bonds. The molecule has 1 unspecified atom stereocenters. The van der Waals surface area contributed by atoms with Gasteiger partial charge in [0.05, 0.1) is 29.6 Å². The van der Waals surface area contributed by atoms with E-state index in [1.165, 1.54) is 17.7 Å². The first-order valence-electron chi connectivity index (χ1n) is 11.8. The number of aromatic nitrogens is 1. The quantitative estimate of drug-likeness (QED) is 0.546. The molecule has 0 aromatic carbocycles. The van der Waals surface area contributed by atoms with E-state index in [0.717, 1.165) is 42.3 Å². The summed E-state index contributed by atoms with van der Waals surface area (Å²) in [5.74, 6) is 0.497. The molecule has 7 heteroatoms. The van der Waals surface area contributed by atoms with Crippen LogP contribution in [0.1, 0.15) is 73.5 Å². The van der Waals surface area contributed by atoms with Crippen LogP contribution in [0.15, 0.2) is 34.9 Å². The number of carbonyl (C=O) groups is 2. The molecule has 0 bridgehead atoms. The van der Waals surface area contributed by atoms with Crippen molar-refractivity contribution in [2.75, 3.05) is 0 Å². The SMILES string of the molecule is CCc1cc2c(cc3n2CC(C)(C(=O)NC2CCCCCC2)N(Cc2ccco2)C3=O)s1. The monoisotopic (exact) mass is 453 g/mol. The summed E-state index contributed by atoms with van der Waals surface area (Å²) < 4.78 is 8.72. The highest BCUT2D eigenvalue weighted by molar-refractivity contribution is 7.19. The zero-order valence-corrected chi connectivity index (χ0v) is 19.7. The second-order valence-electron chi connectivity index (χ2n) is 9.34. The average Bonchev–Trinajstić information content (AvgIpc) is 3.45. The third kappa shape index (κ3) is 3.66. The second-order valence-corrected chi connectivity index (χ2v) is 10.5. The summed E-state index contributed by atoms with van der Waals surface area (Å²) in [5, 5.41) is 3.31. The van der Waals surface area contributed by atoms with Gasteiger partial charge in [0.2, 0.25) is 5.91 Å². The fourth-order valence-electron chi connectivity index (χ4n) is 5.13. The lowest BCUT2D eigenvalue weighted by Crippen LogP contribution is -2.64. The molecule has 3 aromatic heterocycles. The fourth-order valence-corrected chi connectivity index (χ4v) is 6.18. The van der Waals surface area contributed by atoms with Gasteiger partial charge in [-0.05, 0) is 50.5 Å². The average molecular weight is 454 g/mol. The van der Waals surface area contributed by atoms with Crippen molar-refractivity contribution in [3.8, 4) is 0 Å². The molecule has 1 atom stereocenters. The van der Waals surface area contributed by atoms with E-state index in [2.05, 4.69) is 22.9 Å². The van der Waals surface area contributed by atoms with Crippen LogP contribution in [0.4, 0.5) is 0 Å². The van der Waals surface area contributed by atoms with E-state index in [1.807, 2.05) is 25.1 Å². The zero-order valence-electron chi connectivity index (χ0n) is 18.9. The number of hydrogen-bond acceptors (Lipinski definition) is 4. The number of furan rings is 1. The molecule has 32 heavy (non-hydrogen) atoms. The Labute approximate surface area is 192 Å². The van der Waals surface area contributed by atoms with E-state index < -0.39 is 5.54 Å². The Kier molecular flexibility index (Phi) is 5.61. The van der Waals surface area contributed by atoms with Gasteiger partial charge in [-0.2, -0.15) is 0 Å². The van der Waals surface area contributed by atoms with Gasteiger partial charge in [-0.15, -0.1) is 11.3 Å². The van der Waals surface area contributed by atoms with Gasteiger partial charge in [0.25, 0.3) is 5.91 Å². The van der Waals surface area contributed by atoms with Crippen molar-refractivity contribution in [1.29, 1.82) is 0 Å². The van der Waals surface area contributed by atoms with Crippen LogP contribution in [0.5, 0.6) is 0 Å². The molecule has 1 aliphatic heterocycles. The van der Waals surface area contributed by atoms with E-state index in [4.69, 9.17) is 4.42 Å². The Balaban J connectivity index is 1.52. The molecule has 0 saturated heterocycles. The van der Waals surface area contributed by atoms with Gasteiger partial charge >= 0.3 is 0 Å². The highest BCUT2D eigenvalue weighted by Gasteiger charge is 2.48. The lowest BCUT2D eigenvalue weighted by Gasteiger charge is -2.44. The summed E-state index contributed by atoms with van der Waals surface area (Å²) >= 11 is 1.73. The molecule has 0 spiro atoms. The van der Waals surface area contributed by atoms with Gasteiger partial charge in [0, 0.05) is 10.9 Å². The molecule has 170 valence electrons. The van der Waals surface area contributed by atoms with Crippen LogP contribution in [-0.4, -0.2) is 32.9 Å². The molecular weight excluding hydrogens is 422 g/mol. The smallest absolute Gasteiger partial charge is 0.271 e. The lowest BCUT2D eigenvalue weighted by atomic mass is 9.93. The summed E-state index contributed by atoms with van der Waals surface area (Å²) in [7, 11) is 0. The first kappa shape index (κ1) is 21.3. The molecule has 3 aromatic rings. The van der Waals surface area contributed by atoms with E-state index in [1.54, 1.807) is 22.5 Å². The molecule has 1 N–H and O–H groups in total. The number of thiophene rings is 1. The third-order valence-corrected chi connectivity index (χ3v) is 8.30. The molecule has 1 fully saturated rings. The predicted molar refractivity (Wildman–Crippen MR) is 126 cm³/mol. The highest BCUT2D eigenvalue weighted by Crippen LogP contribution is 2.37. The van der Waals surface area contributed by atoms with Crippen LogP contribution in [0.2, 0.25) is 0 Å². The summed E-state index contributed by atoms with van der Waals surface area (Å²) in [6, 6.07) is 8.01.